The van der Waals surface area contributed by atoms with Gasteiger partial charge < -0.3 is 4.90 Å². The van der Waals surface area contributed by atoms with Crippen LogP contribution < -0.4 is 0 Å². The molecule has 0 heterocycles. The second kappa shape index (κ2) is 24.7. The molecule has 0 aliphatic heterocycles. The van der Waals surface area contributed by atoms with Crippen LogP contribution in [-0.4, -0.2) is 25.0 Å². The Morgan fingerprint density at radius 3 is 1.40 bits per heavy atom. The Morgan fingerprint density at radius 1 is 0.500 bits per heavy atom. The zero-order chi connectivity index (χ0) is 22.1. The summed E-state index contributed by atoms with van der Waals surface area (Å²) in [6.07, 6.45) is 36.9. The van der Waals surface area contributed by atoms with Gasteiger partial charge in [0.15, 0.2) is 0 Å². The normalized spacial score (nSPS) is 13.2. The Morgan fingerprint density at radius 2 is 0.900 bits per heavy atom. The largest absolute Gasteiger partial charge is 0.306 e. The lowest BCUT2D eigenvalue weighted by molar-refractivity contribution is 0.251. The molecule has 0 spiro atoms. The predicted molar refractivity (Wildman–Crippen MR) is 139 cm³/mol. The molecule has 0 amide bonds. The van der Waals surface area contributed by atoms with Crippen molar-refractivity contribution >= 4 is 0 Å². The molecule has 1 nitrogen and oxygen atoms in total. The first-order valence-electron chi connectivity index (χ1n) is 13.7. The molecule has 1 heteroatoms. The molecule has 0 aromatic rings. The number of hydrogen-bond donors (Lipinski definition) is 0. The highest BCUT2D eigenvalue weighted by atomic mass is 15.1. The molecule has 0 saturated carbocycles. The maximum Gasteiger partial charge on any atom is 0.00891 e. The van der Waals surface area contributed by atoms with Crippen molar-refractivity contribution in [2.24, 2.45) is 0 Å². The van der Waals surface area contributed by atoms with Gasteiger partial charge in [-0.05, 0) is 59.0 Å². The van der Waals surface area contributed by atoms with Crippen molar-refractivity contribution in [3.63, 3.8) is 0 Å². The summed E-state index contributed by atoms with van der Waals surface area (Å²) in [5.74, 6) is 0. The highest BCUT2D eigenvalue weighted by Crippen LogP contribution is 2.17. The molecule has 0 rings (SSSR count). The minimum atomic E-state index is 0.810. The van der Waals surface area contributed by atoms with Crippen LogP contribution in [0, 0.1) is 0 Å². The monoisotopic (exact) mass is 419 g/mol. The van der Waals surface area contributed by atoms with Crippen LogP contribution in [0.25, 0.3) is 0 Å². The summed E-state index contributed by atoms with van der Waals surface area (Å²) in [6, 6.07) is 0.810. The molecule has 1 unspecified atom stereocenters. The van der Waals surface area contributed by atoms with Crippen molar-refractivity contribution in [3.8, 4) is 0 Å². The fourth-order valence-electron chi connectivity index (χ4n) is 4.19. The topological polar surface area (TPSA) is 3.24 Å². The van der Waals surface area contributed by atoms with Gasteiger partial charge in [0.05, 0.1) is 0 Å². The van der Waals surface area contributed by atoms with Gasteiger partial charge in [-0.3, -0.25) is 0 Å². The molecule has 0 aliphatic carbocycles. The van der Waals surface area contributed by atoms with E-state index in [1.54, 1.807) is 0 Å². The van der Waals surface area contributed by atoms with Crippen LogP contribution in [-0.2, 0) is 0 Å². The molecular weight excluding hydrogens is 362 g/mol. The van der Waals surface area contributed by atoms with Gasteiger partial charge in [-0.1, -0.05) is 122 Å². The number of nitrogens with zero attached hydrogens (tertiary/aromatic N) is 1. The van der Waals surface area contributed by atoms with Crippen LogP contribution in [0.15, 0.2) is 24.3 Å². The van der Waals surface area contributed by atoms with Crippen LogP contribution in [0.1, 0.15) is 142 Å². The Balaban J connectivity index is 3.43. The van der Waals surface area contributed by atoms with E-state index in [0.717, 1.165) is 12.5 Å². The van der Waals surface area contributed by atoms with Gasteiger partial charge in [-0.2, -0.15) is 0 Å². The summed E-state index contributed by atoms with van der Waals surface area (Å²) in [5, 5.41) is 0. The number of rotatable bonds is 23. The van der Waals surface area contributed by atoms with Crippen LogP contribution in [0.2, 0.25) is 0 Å². The van der Waals surface area contributed by atoms with Crippen molar-refractivity contribution in [1.29, 1.82) is 0 Å². The molecular formula is C29H57N. The third kappa shape index (κ3) is 22.1. The molecule has 0 saturated heterocycles. The van der Waals surface area contributed by atoms with E-state index in [4.69, 9.17) is 0 Å². The Bertz CT molecular complexity index is 369. The van der Waals surface area contributed by atoms with Crippen molar-refractivity contribution in [3.05, 3.63) is 24.3 Å². The van der Waals surface area contributed by atoms with Crippen LogP contribution in [0.4, 0.5) is 0 Å². The third-order valence-corrected chi connectivity index (χ3v) is 6.36. The lowest BCUT2D eigenvalue weighted by Gasteiger charge is -2.24. The molecule has 0 aliphatic rings. The average Bonchev–Trinajstić information content (AvgIpc) is 2.74. The Labute approximate surface area is 191 Å². The van der Waals surface area contributed by atoms with Crippen molar-refractivity contribution in [1.82, 2.24) is 4.90 Å². The van der Waals surface area contributed by atoms with Gasteiger partial charge in [-0.15, -0.1) is 0 Å². The molecule has 178 valence electrons. The SMILES string of the molecule is CCCCC/C=C\C/C=C\CCCCCCCCCC(CCCCCCC)N(C)C. The molecule has 0 fully saturated rings. The van der Waals surface area contributed by atoms with Gasteiger partial charge in [0, 0.05) is 6.04 Å². The third-order valence-electron chi connectivity index (χ3n) is 6.36. The Kier molecular flexibility index (Phi) is 24.2. The summed E-state index contributed by atoms with van der Waals surface area (Å²) in [4.78, 5) is 2.47. The smallest absolute Gasteiger partial charge is 0.00891 e. The molecule has 30 heavy (non-hydrogen) atoms. The van der Waals surface area contributed by atoms with E-state index >= 15 is 0 Å². The minimum Gasteiger partial charge on any atom is -0.306 e. The predicted octanol–water partition coefficient (Wildman–Crippen LogP) is 9.87. The molecule has 0 aromatic carbocycles. The summed E-state index contributed by atoms with van der Waals surface area (Å²) in [6.45, 7) is 4.57. The first-order chi connectivity index (χ1) is 14.7. The first kappa shape index (κ1) is 29.4. The maximum atomic E-state index is 2.47. The fraction of sp³-hybridized carbons (Fsp3) is 0.862. The Hall–Kier alpha value is -0.560. The van der Waals surface area contributed by atoms with Gasteiger partial charge >= 0.3 is 0 Å². The van der Waals surface area contributed by atoms with E-state index in [1.807, 2.05) is 0 Å². The summed E-state index contributed by atoms with van der Waals surface area (Å²) in [5.41, 5.74) is 0. The number of hydrogen-bond acceptors (Lipinski definition) is 1. The average molecular weight is 420 g/mol. The lowest BCUT2D eigenvalue weighted by Crippen LogP contribution is -2.27. The van der Waals surface area contributed by atoms with E-state index in [-0.39, 0.29) is 0 Å². The van der Waals surface area contributed by atoms with Gasteiger partial charge in [0.25, 0.3) is 0 Å². The van der Waals surface area contributed by atoms with Crippen molar-refractivity contribution in [2.45, 2.75) is 148 Å². The first-order valence-corrected chi connectivity index (χ1v) is 13.7. The maximum absolute atomic E-state index is 2.47. The molecule has 0 radical (unpaired) electrons. The van der Waals surface area contributed by atoms with E-state index in [2.05, 4.69) is 57.1 Å². The standard InChI is InChI=1S/C29H57N/c1-5-7-9-11-12-13-14-15-16-17-18-19-20-21-22-24-26-28-29(30(3)4)27-25-23-10-8-6-2/h12-13,15-16,29H,5-11,14,17-28H2,1-4H3/b13-12-,16-15-. The molecule has 1 atom stereocenters. The molecule has 0 N–H and O–H groups in total. The highest BCUT2D eigenvalue weighted by Gasteiger charge is 2.10. The quantitative estimate of drug-likeness (QED) is 0.118. The van der Waals surface area contributed by atoms with Crippen molar-refractivity contribution < 1.29 is 0 Å². The van der Waals surface area contributed by atoms with Gasteiger partial charge in [0.1, 0.15) is 0 Å². The summed E-state index contributed by atoms with van der Waals surface area (Å²) < 4.78 is 0. The second-order valence-electron chi connectivity index (χ2n) is 9.55. The zero-order valence-electron chi connectivity index (χ0n) is 21.5. The minimum absolute atomic E-state index is 0.810. The second-order valence-corrected chi connectivity index (χ2v) is 9.55. The van der Waals surface area contributed by atoms with Crippen LogP contribution >= 0.6 is 0 Å². The van der Waals surface area contributed by atoms with Crippen molar-refractivity contribution in [2.75, 3.05) is 14.1 Å². The van der Waals surface area contributed by atoms with E-state index in [0.29, 0.717) is 0 Å². The van der Waals surface area contributed by atoms with E-state index in [1.165, 1.54) is 122 Å². The lowest BCUT2D eigenvalue weighted by atomic mass is 9.99. The fourth-order valence-corrected chi connectivity index (χ4v) is 4.19. The van der Waals surface area contributed by atoms with E-state index < -0.39 is 0 Å². The van der Waals surface area contributed by atoms with E-state index in [9.17, 15) is 0 Å². The number of allylic oxidation sites excluding steroid dienone is 4. The summed E-state index contributed by atoms with van der Waals surface area (Å²) in [7, 11) is 4.55. The summed E-state index contributed by atoms with van der Waals surface area (Å²) >= 11 is 0. The van der Waals surface area contributed by atoms with Crippen LogP contribution in [0.3, 0.4) is 0 Å². The van der Waals surface area contributed by atoms with Gasteiger partial charge in [-0.25, -0.2) is 0 Å². The molecule has 0 bridgehead atoms. The van der Waals surface area contributed by atoms with Crippen LogP contribution in [0.5, 0.6) is 0 Å². The zero-order valence-corrected chi connectivity index (χ0v) is 21.5. The number of unbranched alkanes of at least 4 members (excludes halogenated alkanes) is 14. The highest BCUT2D eigenvalue weighted by molar-refractivity contribution is 4.92. The van der Waals surface area contributed by atoms with Gasteiger partial charge in [0.2, 0.25) is 0 Å². The molecule has 0 aromatic heterocycles.